The maximum absolute atomic E-state index is 5.42. The standard InChI is InChI=1S/C9H13BrO3S/c1-11-2-3-12-4-5-13-8-6-9(10)14-7-8/h6-7H,2-5H2,1H3. The summed E-state index contributed by atoms with van der Waals surface area (Å²) in [7, 11) is 1.66. The van der Waals surface area contributed by atoms with E-state index in [1.807, 2.05) is 11.4 Å². The number of halogens is 1. The second-order valence-corrected chi connectivity index (χ2v) is 4.83. The number of hydrogen-bond donors (Lipinski definition) is 0. The third kappa shape index (κ3) is 4.95. The summed E-state index contributed by atoms with van der Waals surface area (Å²) >= 11 is 4.97. The molecule has 0 aliphatic carbocycles. The molecule has 14 heavy (non-hydrogen) atoms. The number of methoxy groups -OCH3 is 1. The Hall–Kier alpha value is -0.100. The number of thiophene rings is 1. The third-order valence-corrected chi connectivity index (χ3v) is 2.95. The molecule has 0 unspecified atom stereocenters. The van der Waals surface area contributed by atoms with Gasteiger partial charge in [0.2, 0.25) is 0 Å². The Balaban J connectivity index is 1.99. The molecule has 80 valence electrons. The number of rotatable bonds is 7. The lowest BCUT2D eigenvalue weighted by atomic mass is 10.6. The lowest BCUT2D eigenvalue weighted by Crippen LogP contribution is -2.09. The average molecular weight is 281 g/mol. The average Bonchev–Trinajstić information content (AvgIpc) is 2.58. The normalized spacial score (nSPS) is 10.4. The quantitative estimate of drug-likeness (QED) is 0.719. The Morgan fingerprint density at radius 3 is 2.71 bits per heavy atom. The van der Waals surface area contributed by atoms with E-state index < -0.39 is 0 Å². The van der Waals surface area contributed by atoms with Gasteiger partial charge in [-0.25, -0.2) is 0 Å². The van der Waals surface area contributed by atoms with E-state index in [2.05, 4.69) is 15.9 Å². The molecule has 0 radical (unpaired) electrons. The van der Waals surface area contributed by atoms with Gasteiger partial charge in [-0.15, -0.1) is 11.3 Å². The van der Waals surface area contributed by atoms with E-state index in [1.54, 1.807) is 18.4 Å². The van der Waals surface area contributed by atoms with Crippen molar-refractivity contribution in [2.45, 2.75) is 0 Å². The van der Waals surface area contributed by atoms with Gasteiger partial charge in [-0.05, 0) is 15.9 Å². The molecule has 0 amide bonds. The van der Waals surface area contributed by atoms with E-state index >= 15 is 0 Å². The third-order valence-electron chi connectivity index (χ3n) is 1.47. The van der Waals surface area contributed by atoms with Crippen LogP contribution >= 0.6 is 27.3 Å². The maximum Gasteiger partial charge on any atom is 0.131 e. The van der Waals surface area contributed by atoms with Crippen molar-refractivity contribution in [2.24, 2.45) is 0 Å². The highest BCUT2D eigenvalue weighted by atomic mass is 79.9. The summed E-state index contributed by atoms with van der Waals surface area (Å²) in [5.74, 6) is 0.886. The van der Waals surface area contributed by atoms with Crippen LogP contribution in [0.2, 0.25) is 0 Å². The van der Waals surface area contributed by atoms with Crippen molar-refractivity contribution < 1.29 is 14.2 Å². The molecule has 5 heteroatoms. The summed E-state index contributed by atoms with van der Waals surface area (Å²) in [6.45, 7) is 2.42. The molecule has 1 aromatic heterocycles. The van der Waals surface area contributed by atoms with Crippen molar-refractivity contribution in [1.29, 1.82) is 0 Å². The van der Waals surface area contributed by atoms with Crippen LogP contribution in [0.25, 0.3) is 0 Å². The summed E-state index contributed by atoms with van der Waals surface area (Å²) in [6.07, 6.45) is 0. The van der Waals surface area contributed by atoms with Crippen LogP contribution < -0.4 is 4.74 Å². The maximum atomic E-state index is 5.42. The summed E-state index contributed by atoms with van der Waals surface area (Å²) < 4.78 is 16.6. The van der Waals surface area contributed by atoms with Gasteiger partial charge in [-0.3, -0.25) is 0 Å². The van der Waals surface area contributed by atoms with Crippen molar-refractivity contribution in [3.05, 3.63) is 15.2 Å². The van der Waals surface area contributed by atoms with Gasteiger partial charge in [0.25, 0.3) is 0 Å². The molecule has 0 atom stereocenters. The van der Waals surface area contributed by atoms with Gasteiger partial charge in [-0.1, -0.05) is 0 Å². The van der Waals surface area contributed by atoms with Crippen LogP contribution in [0, 0.1) is 0 Å². The Kier molecular flexibility index (Phi) is 6.18. The van der Waals surface area contributed by atoms with Crippen LogP contribution in [0.5, 0.6) is 5.75 Å². The zero-order valence-corrected chi connectivity index (χ0v) is 10.4. The molecule has 0 aliphatic heterocycles. The summed E-state index contributed by atoms with van der Waals surface area (Å²) in [6, 6.07) is 1.94. The molecule has 0 N–H and O–H groups in total. The molecule has 1 aromatic rings. The Labute approximate surface area is 96.1 Å². The minimum Gasteiger partial charge on any atom is -0.490 e. The van der Waals surface area contributed by atoms with E-state index in [-0.39, 0.29) is 0 Å². The Morgan fingerprint density at radius 1 is 1.29 bits per heavy atom. The molecule has 0 saturated heterocycles. The van der Waals surface area contributed by atoms with Crippen molar-refractivity contribution in [1.82, 2.24) is 0 Å². The highest BCUT2D eigenvalue weighted by molar-refractivity contribution is 9.11. The largest absolute Gasteiger partial charge is 0.490 e. The van der Waals surface area contributed by atoms with Crippen molar-refractivity contribution in [2.75, 3.05) is 33.5 Å². The number of hydrogen-bond acceptors (Lipinski definition) is 4. The Morgan fingerprint density at radius 2 is 2.07 bits per heavy atom. The predicted molar refractivity (Wildman–Crippen MR) is 60.2 cm³/mol. The molecule has 0 aliphatic rings. The lowest BCUT2D eigenvalue weighted by molar-refractivity contribution is 0.0545. The van der Waals surface area contributed by atoms with Crippen LogP contribution in [0.1, 0.15) is 0 Å². The fraction of sp³-hybridized carbons (Fsp3) is 0.556. The highest BCUT2D eigenvalue weighted by Crippen LogP contribution is 2.25. The first-order valence-electron chi connectivity index (χ1n) is 4.26. The summed E-state index contributed by atoms with van der Waals surface area (Å²) in [5.41, 5.74) is 0. The van der Waals surface area contributed by atoms with Gasteiger partial charge in [0.1, 0.15) is 12.4 Å². The summed E-state index contributed by atoms with van der Waals surface area (Å²) in [4.78, 5) is 0. The SMILES string of the molecule is COCCOCCOc1csc(Br)c1. The van der Waals surface area contributed by atoms with Crippen LogP contribution in [-0.2, 0) is 9.47 Å². The summed E-state index contributed by atoms with van der Waals surface area (Å²) in [5, 5.41) is 1.96. The fourth-order valence-electron chi connectivity index (χ4n) is 0.833. The van der Waals surface area contributed by atoms with Gasteiger partial charge in [-0.2, -0.15) is 0 Å². The van der Waals surface area contributed by atoms with Gasteiger partial charge in [0.05, 0.1) is 23.6 Å². The molecule has 0 bridgehead atoms. The monoisotopic (exact) mass is 280 g/mol. The zero-order chi connectivity index (χ0) is 10.2. The molecule has 3 nitrogen and oxygen atoms in total. The second kappa shape index (κ2) is 7.23. The van der Waals surface area contributed by atoms with E-state index in [1.165, 1.54) is 0 Å². The van der Waals surface area contributed by atoms with Crippen LogP contribution in [0.15, 0.2) is 15.2 Å². The first kappa shape index (κ1) is 12.0. The van der Waals surface area contributed by atoms with Gasteiger partial charge in [0, 0.05) is 18.6 Å². The molecular weight excluding hydrogens is 268 g/mol. The molecule has 0 spiro atoms. The van der Waals surface area contributed by atoms with Gasteiger partial charge in [0.15, 0.2) is 0 Å². The van der Waals surface area contributed by atoms with Crippen LogP contribution in [0.4, 0.5) is 0 Å². The molecule has 0 fully saturated rings. The molecule has 0 aromatic carbocycles. The van der Waals surface area contributed by atoms with E-state index in [0.29, 0.717) is 26.4 Å². The van der Waals surface area contributed by atoms with E-state index in [0.717, 1.165) is 9.54 Å². The molecule has 1 heterocycles. The van der Waals surface area contributed by atoms with Crippen molar-refractivity contribution in [3.8, 4) is 5.75 Å². The Bertz CT molecular complexity index is 252. The molecular formula is C9H13BrO3S. The smallest absolute Gasteiger partial charge is 0.131 e. The van der Waals surface area contributed by atoms with Crippen molar-refractivity contribution in [3.63, 3.8) is 0 Å². The second-order valence-electron chi connectivity index (χ2n) is 2.54. The highest BCUT2D eigenvalue weighted by Gasteiger charge is 1.97. The van der Waals surface area contributed by atoms with Gasteiger partial charge >= 0.3 is 0 Å². The van der Waals surface area contributed by atoms with Crippen LogP contribution in [0.3, 0.4) is 0 Å². The topological polar surface area (TPSA) is 27.7 Å². The minimum atomic E-state index is 0.576. The molecule has 0 saturated carbocycles. The van der Waals surface area contributed by atoms with Gasteiger partial charge < -0.3 is 14.2 Å². The fourth-order valence-corrected chi connectivity index (χ4v) is 1.89. The van der Waals surface area contributed by atoms with Crippen molar-refractivity contribution >= 4 is 27.3 Å². The van der Waals surface area contributed by atoms with E-state index in [9.17, 15) is 0 Å². The predicted octanol–water partition coefficient (Wildman–Crippen LogP) is 2.55. The molecule has 1 rings (SSSR count). The minimum absolute atomic E-state index is 0.576. The first-order chi connectivity index (χ1) is 6.83. The first-order valence-corrected chi connectivity index (χ1v) is 5.93. The van der Waals surface area contributed by atoms with E-state index in [4.69, 9.17) is 14.2 Å². The zero-order valence-electron chi connectivity index (χ0n) is 7.99. The number of ether oxygens (including phenoxy) is 3. The lowest BCUT2D eigenvalue weighted by Gasteiger charge is -2.04. The van der Waals surface area contributed by atoms with Crippen LogP contribution in [-0.4, -0.2) is 33.5 Å².